The van der Waals surface area contributed by atoms with Crippen LogP contribution in [-0.2, 0) is 25.8 Å². The zero-order valence-corrected chi connectivity index (χ0v) is 12.5. The Morgan fingerprint density at radius 1 is 1.25 bits per heavy atom. The second-order valence-corrected chi connectivity index (χ2v) is 1.00. The fourth-order valence-electron chi connectivity index (χ4n) is 0.340. The standard InChI is InChI=1S/C5H5.Hf.2HI/c1-2-4-5-3-1;;;/h1-3H,4H2;;2*1H/q-1;;;. The van der Waals surface area contributed by atoms with E-state index in [1.165, 1.54) is 0 Å². The zero-order chi connectivity index (χ0) is 3.54. The molecule has 0 unspecified atom stereocenters. The van der Waals surface area contributed by atoms with Crippen molar-refractivity contribution < 1.29 is 25.8 Å². The monoisotopic (exact) mass is 501 g/mol. The molecule has 0 aromatic carbocycles. The number of allylic oxidation sites excluding steroid dienone is 4. The Bertz CT molecular complexity index is 68.5. The molecule has 3 heteroatoms. The third-order valence-electron chi connectivity index (χ3n) is 0.586. The summed E-state index contributed by atoms with van der Waals surface area (Å²) in [5.74, 6) is 0. The molecule has 0 nitrogen and oxygen atoms in total. The average molecular weight is 499 g/mol. The van der Waals surface area contributed by atoms with E-state index in [2.05, 4.69) is 12.2 Å². The molecule has 0 aromatic heterocycles. The van der Waals surface area contributed by atoms with Crippen LogP contribution in [0, 0.1) is 6.08 Å². The summed E-state index contributed by atoms with van der Waals surface area (Å²) in [6.07, 6.45) is 10.0. The van der Waals surface area contributed by atoms with Crippen LogP contribution in [0.1, 0.15) is 6.42 Å². The molecule has 0 N–H and O–H groups in total. The van der Waals surface area contributed by atoms with E-state index in [4.69, 9.17) is 0 Å². The van der Waals surface area contributed by atoms with Crippen molar-refractivity contribution in [1.82, 2.24) is 0 Å². The number of halogens is 2. The molecule has 0 saturated heterocycles. The van der Waals surface area contributed by atoms with Crippen molar-refractivity contribution in [3.05, 3.63) is 24.3 Å². The van der Waals surface area contributed by atoms with E-state index in [9.17, 15) is 0 Å². The molecule has 0 heterocycles. The van der Waals surface area contributed by atoms with Crippen molar-refractivity contribution >= 4 is 48.0 Å². The molecule has 0 radical (unpaired) electrons. The number of rotatable bonds is 0. The van der Waals surface area contributed by atoms with Crippen molar-refractivity contribution in [3.8, 4) is 0 Å². The van der Waals surface area contributed by atoms with Gasteiger partial charge in [-0.05, 0) is 0 Å². The largest absolute Gasteiger partial charge is 0.273 e. The first kappa shape index (κ1) is 16.4. The van der Waals surface area contributed by atoms with Crippen molar-refractivity contribution in [2.45, 2.75) is 6.42 Å². The predicted molar refractivity (Wildman–Crippen MR) is 52.4 cm³/mol. The quantitative estimate of drug-likeness (QED) is 0.273. The Morgan fingerprint density at radius 2 is 1.88 bits per heavy atom. The summed E-state index contributed by atoms with van der Waals surface area (Å²) in [5.41, 5.74) is 0. The van der Waals surface area contributed by atoms with Gasteiger partial charge in [0.05, 0.1) is 0 Å². The van der Waals surface area contributed by atoms with E-state index in [-0.39, 0.29) is 73.8 Å². The summed E-state index contributed by atoms with van der Waals surface area (Å²) in [4.78, 5) is 0. The van der Waals surface area contributed by atoms with Gasteiger partial charge in [-0.2, -0.15) is 6.08 Å². The van der Waals surface area contributed by atoms with E-state index in [1.807, 2.05) is 12.2 Å². The number of hydrogen-bond acceptors (Lipinski definition) is 0. The van der Waals surface area contributed by atoms with Gasteiger partial charge in [-0.15, -0.1) is 54.4 Å². The van der Waals surface area contributed by atoms with Crippen LogP contribution in [0.25, 0.3) is 0 Å². The molecular weight excluding hydrogens is 492 g/mol. The van der Waals surface area contributed by atoms with E-state index in [1.54, 1.807) is 0 Å². The van der Waals surface area contributed by atoms with Crippen LogP contribution in [0.5, 0.6) is 0 Å². The topological polar surface area (TPSA) is 0 Å². The Hall–Kier alpha value is 1.81. The molecule has 46 valence electrons. The van der Waals surface area contributed by atoms with Gasteiger partial charge in [-0.3, -0.25) is 6.08 Å². The van der Waals surface area contributed by atoms with Crippen molar-refractivity contribution in [2.24, 2.45) is 0 Å². The van der Waals surface area contributed by atoms with E-state index in [0.29, 0.717) is 0 Å². The summed E-state index contributed by atoms with van der Waals surface area (Å²) in [5, 5.41) is 0. The minimum atomic E-state index is 0. The van der Waals surface area contributed by atoms with Gasteiger partial charge in [-0.1, -0.05) is 0 Å². The van der Waals surface area contributed by atoms with Gasteiger partial charge in [-0.25, -0.2) is 12.2 Å². The number of hydrogen-bond donors (Lipinski definition) is 0. The van der Waals surface area contributed by atoms with Gasteiger partial charge in [0.1, 0.15) is 0 Å². The summed E-state index contributed by atoms with van der Waals surface area (Å²) < 4.78 is 0. The summed E-state index contributed by atoms with van der Waals surface area (Å²) in [6.45, 7) is 0. The molecule has 0 aromatic rings. The smallest absolute Gasteiger partial charge is 0 e. The Labute approximate surface area is 103 Å². The molecule has 0 fully saturated rings. The predicted octanol–water partition coefficient (Wildman–Crippen LogP) is 2.54. The first-order valence-electron chi connectivity index (χ1n) is 1.72. The second-order valence-electron chi connectivity index (χ2n) is 1.00. The maximum Gasteiger partial charge on any atom is 0 e. The maximum absolute atomic E-state index is 2.99. The van der Waals surface area contributed by atoms with Crippen LogP contribution in [0.15, 0.2) is 18.2 Å². The summed E-state index contributed by atoms with van der Waals surface area (Å²) >= 11 is 0. The Balaban J connectivity index is -0.0000000833. The van der Waals surface area contributed by atoms with Crippen molar-refractivity contribution in [3.63, 3.8) is 0 Å². The van der Waals surface area contributed by atoms with Crippen molar-refractivity contribution in [2.75, 3.05) is 0 Å². The molecule has 0 saturated carbocycles. The first-order chi connectivity index (χ1) is 2.50. The Kier molecular flexibility index (Phi) is 23.8. The Morgan fingerprint density at radius 3 is 2.00 bits per heavy atom. The van der Waals surface area contributed by atoms with Crippen molar-refractivity contribution in [1.29, 1.82) is 0 Å². The SMILES string of the molecule is I.I.[C-]1=CC=CC1.[Hf]. The molecule has 1 aliphatic rings. The fraction of sp³-hybridized carbons (Fsp3) is 0.200. The summed E-state index contributed by atoms with van der Waals surface area (Å²) in [6, 6.07) is 0. The van der Waals surface area contributed by atoms with Crippen LogP contribution in [0.3, 0.4) is 0 Å². The van der Waals surface area contributed by atoms with Crippen LogP contribution in [-0.4, -0.2) is 0 Å². The molecular formula is C5H7HfI2-. The molecule has 0 atom stereocenters. The minimum Gasteiger partial charge on any atom is -0.273 e. The molecule has 8 heavy (non-hydrogen) atoms. The van der Waals surface area contributed by atoms with Crippen LogP contribution in [0.2, 0.25) is 0 Å². The molecule has 0 bridgehead atoms. The summed E-state index contributed by atoms with van der Waals surface area (Å²) in [7, 11) is 0. The van der Waals surface area contributed by atoms with Gasteiger partial charge >= 0.3 is 0 Å². The van der Waals surface area contributed by atoms with Gasteiger partial charge in [0, 0.05) is 25.8 Å². The van der Waals surface area contributed by atoms with Gasteiger partial charge < -0.3 is 0 Å². The van der Waals surface area contributed by atoms with Crippen LogP contribution >= 0.6 is 48.0 Å². The molecule has 1 aliphatic carbocycles. The fourth-order valence-corrected chi connectivity index (χ4v) is 0.340. The van der Waals surface area contributed by atoms with E-state index < -0.39 is 0 Å². The molecule has 0 spiro atoms. The molecule has 0 amide bonds. The average Bonchev–Trinajstić information content (AvgIpc) is 1.76. The van der Waals surface area contributed by atoms with Gasteiger partial charge in [0.25, 0.3) is 0 Å². The van der Waals surface area contributed by atoms with Crippen LogP contribution < -0.4 is 0 Å². The normalized spacial score (nSPS) is 11.0. The second kappa shape index (κ2) is 11.6. The van der Waals surface area contributed by atoms with Gasteiger partial charge in [0.15, 0.2) is 0 Å². The third-order valence-corrected chi connectivity index (χ3v) is 0.586. The minimum absolute atomic E-state index is 0. The maximum atomic E-state index is 2.99. The van der Waals surface area contributed by atoms with E-state index >= 15 is 0 Å². The van der Waals surface area contributed by atoms with Crippen LogP contribution in [0.4, 0.5) is 0 Å². The van der Waals surface area contributed by atoms with E-state index in [0.717, 1.165) is 6.42 Å². The third kappa shape index (κ3) is 7.81. The first-order valence-corrected chi connectivity index (χ1v) is 1.72. The zero-order valence-electron chi connectivity index (χ0n) is 4.26. The van der Waals surface area contributed by atoms with Gasteiger partial charge in [0.2, 0.25) is 0 Å². The molecule has 1 rings (SSSR count). The molecule has 0 aliphatic heterocycles.